The van der Waals surface area contributed by atoms with E-state index in [0.717, 1.165) is 17.5 Å². The summed E-state index contributed by atoms with van der Waals surface area (Å²) in [5.41, 5.74) is 2.57. The van der Waals surface area contributed by atoms with Crippen molar-refractivity contribution in [1.82, 2.24) is 5.32 Å². The molecular weight excluding hydrogens is 464 g/mol. The number of nitrogens with one attached hydrogen (secondary N) is 2. The molecule has 1 aliphatic heterocycles. The van der Waals surface area contributed by atoms with Crippen LogP contribution in [0.5, 0.6) is 23.0 Å². The van der Waals surface area contributed by atoms with Gasteiger partial charge in [-0.2, -0.15) is 0 Å². The van der Waals surface area contributed by atoms with E-state index < -0.39 is 12.2 Å². The highest BCUT2D eigenvalue weighted by molar-refractivity contribution is 5.96. The lowest BCUT2D eigenvalue weighted by Crippen LogP contribution is -2.32. The van der Waals surface area contributed by atoms with Gasteiger partial charge in [-0.3, -0.25) is 4.79 Å². The Morgan fingerprint density at radius 1 is 0.972 bits per heavy atom. The maximum Gasteiger partial charge on any atom is 0.224 e. The van der Waals surface area contributed by atoms with Crippen LogP contribution in [0.2, 0.25) is 0 Å². The van der Waals surface area contributed by atoms with Crippen LogP contribution >= 0.6 is 0 Å². The number of rotatable bonds is 15. The van der Waals surface area contributed by atoms with Crippen molar-refractivity contribution in [2.75, 3.05) is 45.8 Å². The van der Waals surface area contributed by atoms with E-state index in [9.17, 15) is 15.0 Å². The standard InChI is InChI=1S/C27H38N2O7/c1-4-19(30)12-14-35-24-9-8-22(21-6-10-26(32)29-27(21)24)36-17-20(31)16-28-13-11-18-5-7-23(33-2)25(15-18)34-3/h5,7-9,15,19-20,28,30-31H,4,6,10-14,16-17H2,1-3H3,(H,29,32). The zero-order valence-corrected chi connectivity index (χ0v) is 21.3. The van der Waals surface area contributed by atoms with Gasteiger partial charge in [0.15, 0.2) is 11.5 Å². The first-order chi connectivity index (χ1) is 17.4. The van der Waals surface area contributed by atoms with Crippen LogP contribution in [0.15, 0.2) is 30.3 Å². The van der Waals surface area contributed by atoms with Crippen molar-refractivity contribution in [3.8, 4) is 23.0 Å². The average Bonchev–Trinajstić information content (AvgIpc) is 2.90. The van der Waals surface area contributed by atoms with Gasteiger partial charge in [0, 0.05) is 24.9 Å². The summed E-state index contributed by atoms with van der Waals surface area (Å²) in [6.07, 6.45) is 1.74. The van der Waals surface area contributed by atoms with Crippen molar-refractivity contribution < 1.29 is 34.0 Å². The molecule has 2 atom stereocenters. The number of carbonyl (C=O) groups is 1. The molecule has 4 N–H and O–H groups in total. The fourth-order valence-electron chi connectivity index (χ4n) is 3.98. The van der Waals surface area contributed by atoms with Crippen LogP contribution in [0.25, 0.3) is 0 Å². The number of hydrogen-bond donors (Lipinski definition) is 4. The Bertz CT molecular complexity index is 998. The first-order valence-corrected chi connectivity index (χ1v) is 12.4. The van der Waals surface area contributed by atoms with Gasteiger partial charge in [-0.1, -0.05) is 13.0 Å². The number of anilines is 1. The van der Waals surface area contributed by atoms with Gasteiger partial charge in [-0.25, -0.2) is 0 Å². The molecule has 0 bridgehead atoms. The Morgan fingerprint density at radius 3 is 2.47 bits per heavy atom. The summed E-state index contributed by atoms with van der Waals surface area (Å²) >= 11 is 0. The molecule has 1 amide bonds. The summed E-state index contributed by atoms with van der Waals surface area (Å²) < 4.78 is 22.4. The molecule has 2 aromatic carbocycles. The third kappa shape index (κ3) is 7.74. The number of methoxy groups -OCH3 is 2. The van der Waals surface area contributed by atoms with Crippen molar-refractivity contribution >= 4 is 11.6 Å². The number of carbonyl (C=O) groups excluding carboxylic acids is 1. The molecule has 9 heteroatoms. The van der Waals surface area contributed by atoms with Gasteiger partial charge in [0.1, 0.15) is 24.2 Å². The van der Waals surface area contributed by atoms with E-state index in [1.807, 2.05) is 25.1 Å². The first kappa shape index (κ1) is 27.6. The maximum absolute atomic E-state index is 12.0. The quantitative estimate of drug-likeness (QED) is 0.275. The second kappa shape index (κ2) is 13.9. The van der Waals surface area contributed by atoms with Gasteiger partial charge >= 0.3 is 0 Å². The summed E-state index contributed by atoms with van der Waals surface area (Å²) in [6, 6.07) is 9.38. The zero-order valence-electron chi connectivity index (χ0n) is 21.3. The van der Waals surface area contributed by atoms with Crippen LogP contribution in [-0.4, -0.2) is 68.9 Å². The Hall–Kier alpha value is -3.01. The smallest absolute Gasteiger partial charge is 0.224 e. The molecule has 2 unspecified atom stereocenters. The van der Waals surface area contributed by atoms with Gasteiger partial charge < -0.3 is 39.8 Å². The van der Waals surface area contributed by atoms with Gasteiger partial charge in [0.05, 0.1) is 32.6 Å². The number of hydrogen-bond acceptors (Lipinski definition) is 8. The predicted octanol–water partition coefficient (Wildman–Crippen LogP) is 2.70. The summed E-state index contributed by atoms with van der Waals surface area (Å²) in [5.74, 6) is 2.49. The van der Waals surface area contributed by atoms with Crippen LogP contribution in [0.4, 0.5) is 5.69 Å². The Labute approximate surface area is 212 Å². The van der Waals surface area contributed by atoms with Crippen molar-refractivity contribution in [2.45, 2.75) is 51.2 Å². The minimum absolute atomic E-state index is 0.0724. The molecule has 3 rings (SSSR count). The van der Waals surface area contributed by atoms with E-state index in [0.29, 0.717) is 74.1 Å². The lowest BCUT2D eigenvalue weighted by atomic mass is 10.0. The monoisotopic (exact) mass is 502 g/mol. The molecule has 0 saturated carbocycles. The van der Waals surface area contributed by atoms with Crippen LogP contribution in [0.3, 0.4) is 0 Å². The summed E-state index contributed by atoms with van der Waals surface area (Å²) in [6.45, 7) is 3.46. The Kier molecular flexibility index (Phi) is 10.7. The van der Waals surface area contributed by atoms with Gasteiger partial charge in [0.2, 0.25) is 5.91 Å². The second-order valence-electron chi connectivity index (χ2n) is 8.77. The fraction of sp³-hybridized carbons (Fsp3) is 0.519. The minimum Gasteiger partial charge on any atom is -0.493 e. The Balaban J connectivity index is 1.49. The third-order valence-electron chi connectivity index (χ3n) is 6.13. The highest BCUT2D eigenvalue weighted by atomic mass is 16.5. The highest BCUT2D eigenvalue weighted by Gasteiger charge is 2.23. The fourth-order valence-corrected chi connectivity index (χ4v) is 3.98. The normalized spacial score (nSPS) is 14.4. The zero-order chi connectivity index (χ0) is 25.9. The number of aliphatic hydroxyl groups is 2. The highest BCUT2D eigenvalue weighted by Crippen LogP contribution is 2.39. The molecule has 1 aliphatic rings. The van der Waals surface area contributed by atoms with E-state index in [-0.39, 0.29) is 12.5 Å². The van der Waals surface area contributed by atoms with Crippen LogP contribution in [0.1, 0.15) is 37.3 Å². The van der Waals surface area contributed by atoms with Gasteiger partial charge in [-0.05, 0) is 55.6 Å². The molecule has 198 valence electrons. The Morgan fingerprint density at radius 2 is 1.72 bits per heavy atom. The van der Waals surface area contributed by atoms with E-state index in [1.54, 1.807) is 26.4 Å². The summed E-state index contributed by atoms with van der Waals surface area (Å²) in [7, 11) is 3.22. The number of benzene rings is 2. The molecule has 0 aliphatic carbocycles. The molecule has 2 aromatic rings. The third-order valence-corrected chi connectivity index (χ3v) is 6.13. The number of aliphatic hydroxyl groups excluding tert-OH is 2. The molecule has 36 heavy (non-hydrogen) atoms. The molecule has 9 nitrogen and oxygen atoms in total. The first-order valence-electron chi connectivity index (χ1n) is 12.4. The van der Waals surface area contributed by atoms with Crippen molar-refractivity contribution in [2.24, 2.45) is 0 Å². The average molecular weight is 503 g/mol. The van der Waals surface area contributed by atoms with E-state index >= 15 is 0 Å². The minimum atomic E-state index is -0.698. The number of ether oxygens (including phenoxy) is 4. The van der Waals surface area contributed by atoms with E-state index in [2.05, 4.69) is 10.6 Å². The molecule has 0 radical (unpaired) electrons. The summed E-state index contributed by atoms with van der Waals surface area (Å²) in [4.78, 5) is 12.0. The maximum atomic E-state index is 12.0. The van der Waals surface area contributed by atoms with Crippen molar-refractivity contribution in [3.05, 3.63) is 41.5 Å². The lowest BCUT2D eigenvalue weighted by Gasteiger charge is -2.24. The lowest BCUT2D eigenvalue weighted by molar-refractivity contribution is -0.116. The van der Waals surface area contributed by atoms with E-state index in [4.69, 9.17) is 18.9 Å². The second-order valence-corrected chi connectivity index (χ2v) is 8.77. The molecule has 0 spiro atoms. The number of amides is 1. The molecule has 0 fully saturated rings. The number of fused-ring (bicyclic) bond motifs is 1. The van der Waals surface area contributed by atoms with E-state index in [1.165, 1.54) is 0 Å². The van der Waals surface area contributed by atoms with Crippen molar-refractivity contribution in [3.63, 3.8) is 0 Å². The topological polar surface area (TPSA) is 119 Å². The molecule has 0 aromatic heterocycles. The van der Waals surface area contributed by atoms with Crippen LogP contribution < -0.4 is 29.6 Å². The van der Waals surface area contributed by atoms with Crippen LogP contribution in [0, 0.1) is 0 Å². The van der Waals surface area contributed by atoms with Crippen molar-refractivity contribution in [1.29, 1.82) is 0 Å². The molecule has 1 heterocycles. The SMILES string of the molecule is CCC(O)CCOc1ccc(OCC(O)CNCCc2ccc(OC)c(OC)c2)c2c1NC(=O)CC2. The van der Waals surface area contributed by atoms with Crippen LogP contribution in [-0.2, 0) is 17.6 Å². The largest absolute Gasteiger partial charge is 0.493 e. The van der Waals surface area contributed by atoms with Gasteiger partial charge in [-0.15, -0.1) is 0 Å². The van der Waals surface area contributed by atoms with Gasteiger partial charge in [0.25, 0.3) is 0 Å². The molecule has 0 saturated heterocycles. The predicted molar refractivity (Wildman–Crippen MR) is 137 cm³/mol. The molecular formula is C27H38N2O7. The summed E-state index contributed by atoms with van der Waals surface area (Å²) in [5, 5.41) is 26.3.